The SMILES string of the molecule is CC(C)Cc1c(OC(C(=O)NS(=O)(=O)c2ccc(C(C)C)cc2)c2ccc3c(c2)OCO3)cccc1C(=O)O. The van der Waals surface area contributed by atoms with E-state index in [1.54, 1.807) is 36.4 Å². The van der Waals surface area contributed by atoms with Crippen LogP contribution in [-0.4, -0.2) is 32.2 Å². The number of carbonyl (C=O) groups is 2. The predicted molar refractivity (Wildman–Crippen MR) is 144 cm³/mol. The highest BCUT2D eigenvalue weighted by atomic mass is 32.2. The van der Waals surface area contributed by atoms with Crippen molar-refractivity contribution >= 4 is 21.9 Å². The number of hydrogen-bond donors (Lipinski definition) is 2. The molecule has 0 fully saturated rings. The summed E-state index contributed by atoms with van der Waals surface area (Å²) in [4.78, 5) is 25.4. The fourth-order valence-electron chi connectivity index (χ4n) is 4.25. The van der Waals surface area contributed by atoms with Crippen molar-refractivity contribution in [2.75, 3.05) is 6.79 Å². The Morgan fingerprint density at radius 2 is 1.62 bits per heavy atom. The number of fused-ring (bicyclic) bond motifs is 1. The van der Waals surface area contributed by atoms with Gasteiger partial charge in [0.2, 0.25) is 12.9 Å². The third-order valence-corrected chi connectivity index (χ3v) is 7.61. The number of hydrogen-bond acceptors (Lipinski definition) is 7. The number of carboxylic acid groups (broad SMARTS) is 1. The first-order valence-corrected chi connectivity index (χ1v) is 14.0. The zero-order valence-corrected chi connectivity index (χ0v) is 22.9. The van der Waals surface area contributed by atoms with Crippen molar-refractivity contribution in [3.05, 3.63) is 82.9 Å². The molecule has 39 heavy (non-hydrogen) atoms. The number of nitrogens with one attached hydrogen (secondary N) is 1. The molecule has 10 heteroatoms. The topological polar surface area (TPSA) is 128 Å². The molecular weight excluding hydrogens is 522 g/mol. The summed E-state index contributed by atoms with van der Waals surface area (Å²) in [5, 5.41) is 9.76. The molecule has 0 bridgehead atoms. The van der Waals surface area contributed by atoms with E-state index in [2.05, 4.69) is 4.72 Å². The molecule has 1 aliphatic heterocycles. The Morgan fingerprint density at radius 3 is 2.26 bits per heavy atom. The van der Waals surface area contributed by atoms with Crippen molar-refractivity contribution in [1.29, 1.82) is 0 Å². The van der Waals surface area contributed by atoms with E-state index in [1.807, 2.05) is 27.7 Å². The summed E-state index contributed by atoms with van der Waals surface area (Å²) in [6, 6.07) is 15.6. The van der Waals surface area contributed by atoms with E-state index < -0.39 is 28.0 Å². The largest absolute Gasteiger partial charge is 0.478 e. The molecule has 4 rings (SSSR count). The number of amides is 1. The van der Waals surface area contributed by atoms with E-state index in [9.17, 15) is 23.1 Å². The van der Waals surface area contributed by atoms with Crippen molar-refractivity contribution < 1.29 is 37.3 Å². The van der Waals surface area contributed by atoms with Gasteiger partial charge in [-0.2, -0.15) is 0 Å². The summed E-state index contributed by atoms with van der Waals surface area (Å²) in [5.41, 5.74) is 1.71. The maximum absolute atomic E-state index is 13.6. The Morgan fingerprint density at radius 1 is 0.949 bits per heavy atom. The first-order valence-electron chi connectivity index (χ1n) is 12.5. The Labute approximate surface area is 227 Å². The van der Waals surface area contributed by atoms with Gasteiger partial charge in [0.15, 0.2) is 11.5 Å². The van der Waals surface area contributed by atoms with E-state index >= 15 is 0 Å². The number of rotatable bonds is 10. The van der Waals surface area contributed by atoms with Gasteiger partial charge in [-0.3, -0.25) is 4.79 Å². The molecule has 2 N–H and O–H groups in total. The molecule has 3 aromatic carbocycles. The number of benzene rings is 3. The van der Waals surface area contributed by atoms with Crippen LogP contribution in [0.2, 0.25) is 0 Å². The Balaban J connectivity index is 1.72. The van der Waals surface area contributed by atoms with E-state index in [4.69, 9.17) is 14.2 Å². The highest BCUT2D eigenvalue weighted by Gasteiger charge is 2.31. The Kier molecular flexibility index (Phi) is 8.15. The van der Waals surface area contributed by atoms with Gasteiger partial charge >= 0.3 is 5.97 Å². The van der Waals surface area contributed by atoms with Gasteiger partial charge < -0.3 is 19.3 Å². The minimum absolute atomic E-state index is 0.0104. The molecule has 1 amide bonds. The lowest BCUT2D eigenvalue weighted by atomic mass is 9.96. The summed E-state index contributed by atoms with van der Waals surface area (Å²) in [5.74, 6) is -0.765. The van der Waals surface area contributed by atoms with Crippen molar-refractivity contribution in [2.24, 2.45) is 5.92 Å². The van der Waals surface area contributed by atoms with Crippen LogP contribution in [0.25, 0.3) is 0 Å². The molecular formula is C29H31NO8S. The molecule has 0 aromatic heterocycles. The van der Waals surface area contributed by atoms with E-state index in [1.165, 1.54) is 24.3 Å². The van der Waals surface area contributed by atoms with Crippen LogP contribution in [0.15, 0.2) is 65.6 Å². The maximum atomic E-state index is 13.6. The van der Waals surface area contributed by atoms with Crippen LogP contribution in [0.1, 0.15) is 66.8 Å². The molecule has 0 spiro atoms. The van der Waals surface area contributed by atoms with Crippen LogP contribution in [0, 0.1) is 5.92 Å². The van der Waals surface area contributed by atoms with Gasteiger partial charge in [0, 0.05) is 11.1 Å². The van der Waals surface area contributed by atoms with Crippen LogP contribution >= 0.6 is 0 Å². The number of sulfonamides is 1. The first-order chi connectivity index (χ1) is 18.5. The third kappa shape index (κ3) is 6.34. The lowest BCUT2D eigenvalue weighted by Crippen LogP contribution is -2.37. The third-order valence-electron chi connectivity index (χ3n) is 6.25. The second-order valence-corrected chi connectivity index (χ2v) is 11.7. The minimum atomic E-state index is -4.24. The van der Waals surface area contributed by atoms with E-state index in [0.29, 0.717) is 29.0 Å². The monoisotopic (exact) mass is 553 g/mol. The van der Waals surface area contributed by atoms with Crippen LogP contribution in [0.5, 0.6) is 17.2 Å². The first kappa shape index (κ1) is 28.0. The second-order valence-electron chi connectivity index (χ2n) is 9.99. The number of ether oxygens (including phenoxy) is 3. The molecule has 0 saturated heterocycles. The van der Waals surface area contributed by atoms with Crippen molar-refractivity contribution in [3.8, 4) is 17.2 Å². The van der Waals surface area contributed by atoms with Crippen molar-refractivity contribution in [3.63, 3.8) is 0 Å². The van der Waals surface area contributed by atoms with Gasteiger partial charge in [-0.25, -0.2) is 17.9 Å². The Hall–Kier alpha value is -4.05. The van der Waals surface area contributed by atoms with Gasteiger partial charge in [0.1, 0.15) is 5.75 Å². The quantitative estimate of drug-likeness (QED) is 0.357. The summed E-state index contributed by atoms with van der Waals surface area (Å²) < 4.78 is 45.4. The smallest absolute Gasteiger partial charge is 0.336 e. The lowest BCUT2D eigenvalue weighted by molar-refractivity contribution is -0.126. The number of carbonyl (C=O) groups excluding carboxylic acids is 1. The van der Waals surface area contributed by atoms with Gasteiger partial charge in [0.05, 0.1) is 10.5 Å². The molecule has 1 atom stereocenters. The van der Waals surface area contributed by atoms with E-state index in [0.717, 1.165) is 5.56 Å². The normalized spacial score (nSPS) is 13.4. The second kappa shape index (κ2) is 11.4. The van der Waals surface area contributed by atoms with Gasteiger partial charge in [-0.15, -0.1) is 0 Å². The molecule has 0 radical (unpaired) electrons. The maximum Gasteiger partial charge on any atom is 0.336 e. The number of carboxylic acids is 1. The van der Waals surface area contributed by atoms with Crippen LogP contribution in [-0.2, 0) is 21.2 Å². The zero-order chi connectivity index (χ0) is 28.3. The summed E-state index contributed by atoms with van der Waals surface area (Å²) in [7, 11) is -4.24. The van der Waals surface area contributed by atoms with Crippen LogP contribution in [0.4, 0.5) is 0 Å². The van der Waals surface area contributed by atoms with Gasteiger partial charge in [0.25, 0.3) is 15.9 Å². The van der Waals surface area contributed by atoms with Crippen LogP contribution < -0.4 is 18.9 Å². The molecule has 9 nitrogen and oxygen atoms in total. The molecule has 0 saturated carbocycles. The molecule has 0 aliphatic carbocycles. The van der Waals surface area contributed by atoms with Crippen molar-refractivity contribution in [1.82, 2.24) is 4.72 Å². The predicted octanol–water partition coefficient (Wildman–Crippen LogP) is 5.06. The molecule has 206 valence electrons. The fraction of sp³-hybridized carbons (Fsp3) is 0.310. The summed E-state index contributed by atoms with van der Waals surface area (Å²) >= 11 is 0. The van der Waals surface area contributed by atoms with Gasteiger partial charge in [-0.05, 0) is 60.2 Å². The van der Waals surface area contributed by atoms with Gasteiger partial charge in [-0.1, -0.05) is 52.0 Å². The Bertz CT molecular complexity index is 1480. The van der Waals surface area contributed by atoms with Crippen LogP contribution in [0.3, 0.4) is 0 Å². The summed E-state index contributed by atoms with van der Waals surface area (Å²) in [6.45, 7) is 7.86. The highest BCUT2D eigenvalue weighted by molar-refractivity contribution is 7.90. The molecule has 1 heterocycles. The highest BCUT2D eigenvalue weighted by Crippen LogP contribution is 2.37. The zero-order valence-electron chi connectivity index (χ0n) is 22.1. The lowest BCUT2D eigenvalue weighted by Gasteiger charge is -2.22. The fourth-order valence-corrected chi connectivity index (χ4v) is 5.23. The molecule has 3 aromatic rings. The van der Waals surface area contributed by atoms with Crippen molar-refractivity contribution in [2.45, 2.75) is 51.0 Å². The minimum Gasteiger partial charge on any atom is -0.478 e. The average molecular weight is 554 g/mol. The average Bonchev–Trinajstić information content (AvgIpc) is 3.35. The van der Waals surface area contributed by atoms with E-state index in [-0.39, 0.29) is 34.8 Å². The molecule has 1 aliphatic rings. The standard InChI is InChI=1S/C29H31NO8S/c1-17(2)14-23-22(29(32)33)6-5-7-24(23)38-27(20-10-13-25-26(15-20)37-16-36-25)28(31)30-39(34,35)21-11-8-19(9-12-21)18(3)4/h5-13,15,17-18,27H,14,16H2,1-4H3,(H,30,31)(H,32,33). The molecule has 1 unspecified atom stereocenters. The summed E-state index contributed by atoms with van der Waals surface area (Å²) in [6.07, 6.45) is -1.08. The number of aromatic carboxylic acids is 1.